The van der Waals surface area contributed by atoms with Crippen LogP contribution in [0.15, 0.2) is 35.1 Å². The van der Waals surface area contributed by atoms with E-state index in [0.29, 0.717) is 0 Å². The number of rotatable bonds is 1. The summed E-state index contributed by atoms with van der Waals surface area (Å²) < 4.78 is 61.3. The second kappa shape index (κ2) is 3.30. The highest BCUT2D eigenvalue weighted by atomic mass is 79.9. The summed E-state index contributed by atoms with van der Waals surface area (Å²) in [5, 5.41) is 3.68. The smallest absolute Gasteiger partial charge is 0.0872 e. The first-order valence-corrected chi connectivity index (χ1v) is 4.05. The molecule has 0 amide bonds. The molecule has 66 valence electrons. The second-order valence-corrected chi connectivity index (χ2v) is 2.91. The highest BCUT2D eigenvalue weighted by molar-refractivity contribution is 9.10. The Kier molecular flexibility index (Phi) is 0.813. The van der Waals surface area contributed by atoms with Gasteiger partial charge in [0.2, 0.25) is 0 Å². The molecular formula is C9H8BrN3. The van der Waals surface area contributed by atoms with Gasteiger partial charge in [-0.25, -0.2) is 4.68 Å². The van der Waals surface area contributed by atoms with Crippen molar-refractivity contribution < 1.29 is 11.0 Å². The fourth-order valence-electron chi connectivity index (χ4n) is 0.757. The Bertz CT molecular complexity index is 723. The van der Waals surface area contributed by atoms with Crippen LogP contribution in [0.4, 0.5) is 0 Å². The van der Waals surface area contributed by atoms with Gasteiger partial charge in [-0.2, -0.15) is 5.10 Å². The van der Waals surface area contributed by atoms with Gasteiger partial charge in [-0.15, -0.1) is 0 Å². The van der Waals surface area contributed by atoms with Gasteiger partial charge in [-0.3, -0.25) is 4.98 Å². The van der Waals surface area contributed by atoms with E-state index in [1.807, 2.05) is 0 Å². The van der Waals surface area contributed by atoms with Crippen LogP contribution in [-0.2, 0) is 0 Å². The Balaban J connectivity index is 2.86. The van der Waals surface area contributed by atoms with Gasteiger partial charge in [0.25, 0.3) is 0 Å². The molecule has 0 saturated carbocycles. The topological polar surface area (TPSA) is 30.7 Å². The molecule has 13 heavy (non-hydrogen) atoms. The quantitative estimate of drug-likeness (QED) is 0.773. The van der Waals surface area contributed by atoms with E-state index >= 15 is 0 Å². The summed E-state index contributed by atoms with van der Waals surface area (Å²) in [5.74, 6) is 0. The van der Waals surface area contributed by atoms with Crippen molar-refractivity contribution in [1.29, 1.82) is 0 Å². The minimum absolute atomic E-state index is 0.0417. The maximum Gasteiger partial charge on any atom is 0.0872 e. The molecule has 0 aliphatic heterocycles. The predicted octanol–water partition coefficient (Wildman–Crippen LogP) is 2.34. The van der Waals surface area contributed by atoms with Gasteiger partial charge in [-0.05, 0) is 34.9 Å². The van der Waals surface area contributed by atoms with E-state index in [9.17, 15) is 0 Å². The molecule has 4 heteroatoms. The number of hydrogen-bond donors (Lipinski definition) is 0. The fraction of sp³-hybridized carbons (Fsp3) is 0.111. The highest BCUT2D eigenvalue weighted by Crippen LogP contribution is 2.12. The summed E-state index contributed by atoms with van der Waals surface area (Å²) in [6, 6.07) is -1.14. The fourth-order valence-corrected chi connectivity index (χ4v) is 1.00. The average Bonchev–Trinajstić information content (AvgIpc) is 2.61. The first-order chi connectivity index (χ1) is 9.55. The van der Waals surface area contributed by atoms with E-state index in [-0.39, 0.29) is 22.5 Å². The Morgan fingerprint density at radius 1 is 1.69 bits per heavy atom. The maximum absolute atomic E-state index is 7.91. The van der Waals surface area contributed by atoms with Gasteiger partial charge >= 0.3 is 0 Å². The normalized spacial score (nSPS) is 20.1. The molecule has 0 aliphatic carbocycles. The third-order valence-corrected chi connectivity index (χ3v) is 1.60. The Labute approximate surface area is 95.8 Å². The molecule has 0 radical (unpaired) electrons. The van der Waals surface area contributed by atoms with Crippen molar-refractivity contribution in [1.82, 2.24) is 14.8 Å². The monoisotopic (exact) mass is 245 g/mol. The van der Waals surface area contributed by atoms with E-state index < -0.39 is 30.8 Å². The predicted molar refractivity (Wildman–Crippen MR) is 53.8 cm³/mol. The Morgan fingerprint density at radius 2 is 2.62 bits per heavy atom. The van der Waals surface area contributed by atoms with Crippen LogP contribution in [0.5, 0.6) is 0 Å². The van der Waals surface area contributed by atoms with Crippen LogP contribution in [-0.4, -0.2) is 14.8 Å². The van der Waals surface area contributed by atoms with Crippen molar-refractivity contribution >= 4 is 15.9 Å². The van der Waals surface area contributed by atoms with Crippen molar-refractivity contribution in [2.45, 2.75) is 6.85 Å². The molecule has 0 aromatic carbocycles. The van der Waals surface area contributed by atoms with Crippen LogP contribution in [0.3, 0.4) is 0 Å². The molecule has 0 aliphatic rings. The van der Waals surface area contributed by atoms with Crippen LogP contribution in [0.25, 0.3) is 5.69 Å². The first-order valence-electron chi connectivity index (χ1n) is 7.26. The van der Waals surface area contributed by atoms with Crippen molar-refractivity contribution in [3.05, 3.63) is 40.8 Å². The lowest BCUT2D eigenvalue weighted by Crippen LogP contribution is -1.94. The lowest BCUT2D eigenvalue weighted by Gasteiger charge is -2.00. The standard InChI is InChI=1S/C9H8BrN3/c1-7-4-9(2-3-11-7)13-6-8(10)5-12-13/h2-6H,1H3/i1D3,2D,3D,4D,5D,6D. The van der Waals surface area contributed by atoms with Crippen LogP contribution < -0.4 is 0 Å². The van der Waals surface area contributed by atoms with Gasteiger partial charge in [-0.1, -0.05) is 0 Å². The Morgan fingerprint density at radius 3 is 3.31 bits per heavy atom. The van der Waals surface area contributed by atoms with Crippen molar-refractivity contribution in [3.8, 4) is 5.69 Å². The van der Waals surface area contributed by atoms with E-state index in [4.69, 9.17) is 11.0 Å². The summed E-state index contributed by atoms with van der Waals surface area (Å²) in [6.07, 6.45) is -1.24. The molecule has 2 aromatic rings. The summed E-state index contributed by atoms with van der Waals surface area (Å²) in [4.78, 5) is 3.46. The minimum atomic E-state index is -2.73. The van der Waals surface area contributed by atoms with E-state index in [1.54, 1.807) is 0 Å². The minimum Gasteiger partial charge on any atom is -0.261 e. The van der Waals surface area contributed by atoms with Gasteiger partial charge in [0.05, 0.1) is 23.2 Å². The molecule has 3 nitrogen and oxygen atoms in total. The zero-order chi connectivity index (χ0) is 16.1. The molecule has 0 fully saturated rings. The number of hydrogen-bond acceptors (Lipinski definition) is 2. The third kappa shape index (κ3) is 1.78. The molecule has 2 aromatic heterocycles. The third-order valence-electron chi connectivity index (χ3n) is 1.24. The van der Waals surface area contributed by atoms with Gasteiger partial charge in [0.1, 0.15) is 0 Å². The maximum atomic E-state index is 7.91. The summed E-state index contributed by atoms with van der Waals surface area (Å²) in [7, 11) is 0. The summed E-state index contributed by atoms with van der Waals surface area (Å²) in [6.45, 7) is -2.73. The van der Waals surface area contributed by atoms with Gasteiger partial charge in [0.15, 0.2) is 0 Å². The molecule has 2 heterocycles. The molecule has 0 N–H and O–H groups in total. The number of halogens is 1. The highest BCUT2D eigenvalue weighted by Gasteiger charge is 1.98. The SMILES string of the molecule is [2H]c1nc(C([2H])([2H])[2H])c([2H])c(-n2nc([2H])c(Br)c2[2H])c1[2H]. The van der Waals surface area contributed by atoms with Gasteiger partial charge in [0, 0.05) is 22.2 Å². The number of nitrogens with zero attached hydrogens (tertiary/aromatic N) is 3. The summed E-state index contributed by atoms with van der Waals surface area (Å²) in [5.41, 5.74) is -0.999. The largest absolute Gasteiger partial charge is 0.261 e. The lowest BCUT2D eigenvalue weighted by molar-refractivity contribution is 0.874. The van der Waals surface area contributed by atoms with Crippen LogP contribution in [0.1, 0.15) is 16.7 Å². The van der Waals surface area contributed by atoms with Gasteiger partial charge < -0.3 is 0 Å². The van der Waals surface area contributed by atoms with Crippen molar-refractivity contribution in [2.24, 2.45) is 0 Å². The van der Waals surface area contributed by atoms with Crippen LogP contribution in [0.2, 0.25) is 0 Å². The first kappa shape index (κ1) is 3.20. The Hall–Kier alpha value is -1.16. The van der Waals surface area contributed by atoms with Crippen LogP contribution in [0, 0.1) is 6.85 Å². The summed E-state index contributed by atoms with van der Waals surface area (Å²) >= 11 is 2.97. The van der Waals surface area contributed by atoms with Crippen LogP contribution >= 0.6 is 15.9 Å². The molecule has 2 rings (SSSR count). The second-order valence-electron chi connectivity index (χ2n) is 2.12. The molecule has 0 atom stereocenters. The number of aromatic nitrogens is 3. The zero-order valence-corrected chi connectivity index (χ0v) is 7.81. The van der Waals surface area contributed by atoms with Crippen molar-refractivity contribution in [3.63, 3.8) is 0 Å². The number of pyridine rings is 1. The molecule has 0 unspecified atom stereocenters. The van der Waals surface area contributed by atoms with E-state index in [2.05, 4.69) is 26.0 Å². The molecular weight excluding hydrogens is 230 g/mol. The van der Waals surface area contributed by atoms with E-state index in [0.717, 1.165) is 4.68 Å². The number of aryl methyl sites for hydroxylation is 1. The molecule has 0 spiro atoms. The van der Waals surface area contributed by atoms with Crippen molar-refractivity contribution in [2.75, 3.05) is 0 Å². The zero-order valence-electron chi connectivity index (χ0n) is 14.2. The molecule has 0 saturated heterocycles. The molecule has 0 bridgehead atoms. The van der Waals surface area contributed by atoms with E-state index in [1.165, 1.54) is 0 Å². The average molecular weight is 246 g/mol. The lowest BCUT2D eigenvalue weighted by atomic mass is 10.3.